The van der Waals surface area contributed by atoms with Crippen molar-refractivity contribution in [3.05, 3.63) is 84.6 Å². The summed E-state index contributed by atoms with van der Waals surface area (Å²) in [6.45, 7) is 0.895. The highest BCUT2D eigenvalue weighted by molar-refractivity contribution is 5.82. The van der Waals surface area contributed by atoms with E-state index in [1.54, 1.807) is 53.7 Å². The first kappa shape index (κ1) is 25.3. The number of hydrogen-bond acceptors (Lipinski definition) is 11. The van der Waals surface area contributed by atoms with E-state index in [-0.39, 0.29) is 11.9 Å². The van der Waals surface area contributed by atoms with E-state index in [1.807, 2.05) is 28.8 Å². The molecule has 5 heterocycles. The van der Waals surface area contributed by atoms with Crippen molar-refractivity contribution >= 4 is 22.8 Å². The summed E-state index contributed by atoms with van der Waals surface area (Å²) in [7, 11) is 0. The summed E-state index contributed by atoms with van der Waals surface area (Å²) in [4.78, 5) is 23.2. The van der Waals surface area contributed by atoms with Crippen molar-refractivity contribution in [1.29, 1.82) is 5.26 Å². The molecule has 1 fully saturated rings. The normalized spacial score (nSPS) is 14.7. The van der Waals surface area contributed by atoms with Crippen LogP contribution in [0.1, 0.15) is 24.2 Å². The molecule has 1 saturated heterocycles. The van der Waals surface area contributed by atoms with Gasteiger partial charge in [-0.05, 0) is 55.3 Å². The Morgan fingerprint density at radius 1 is 0.925 bits per heavy atom. The number of anilines is 2. The van der Waals surface area contributed by atoms with Crippen molar-refractivity contribution < 1.29 is 10.2 Å². The van der Waals surface area contributed by atoms with Gasteiger partial charge in [0.2, 0.25) is 5.82 Å². The minimum Gasteiger partial charge on any atom is -0.383 e. The van der Waals surface area contributed by atoms with E-state index >= 15 is 0 Å². The van der Waals surface area contributed by atoms with E-state index in [0.29, 0.717) is 65.7 Å². The molecule has 6 rings (SSSR count). The van der Waals surface area contributed by atoms with E-state index in [9.17, 15) is 10.2 Å². The van der Waals surface area contributed by atoms with Crippen LogP contribution in [0.25, 0.3) is 28.2 Å². The van der Waals surface area contributed by atoms with E-state index < -0.39 is 5.91 Å². The largest absolute Gasteiger partial charge is 0.383 e. The number of benzene rings is 1. The molecule has 1 aliphatic rings. The molecule has 200 valence electrons. The minimum atomic E-state index is -2.15. The van der Waals surface area contributed by atoms with Gasteiger partial charge in [-0.2, -0.15) is 5.26 Å². The van der Waals surface area contributed by atoms with Gasteiger partial charge in [0.05, 0.1) is 5.56 Å². The molecular weight excluding hydrogens is 508 g/mol. The predicted octanol–water partition coefficient (Wildman–Crippen LogP) is 2.40. The molecule has 1 aliphatic heterocycles. The Morgan fingerprint density at radius 3 is 2.42 bits per heavy atom. The summed E-state index contributed by atoms with van der Waals surface area (Å²) in [5, 5.41) is 34.7. The molecule has 0 radical (unpaired) electrons. The summed E-state index contributed by atoms with van der Waals surface area (Å²) < 4.78 is 1.88. The van der Waals surface area contributed by atoms with Crippen molar-refractivity contribution in [2.24, 2.45) is 0 Å². The number of nitrogens with two attached hydrogens (primary N) is 1. The molecule has 40 heavy (non-hydrogen) atoms. The van der Waals surface area contributed by atoms with Crippen LogP contribution < -0.4 is 11.1 Å². The Kier molecular flexibility index (Phi) is 6.53. The third kappa shape index (κ3) is 4.69. The lowest BCUT2D eigenvalue weighted by molar-refractivity contribution is -0.279. The molecule has 5 N–H and O–H groups in total. The van der Waals surface area contributed by atoms with Crippen molar-refractivity contribution in [1.82, 2.24) is 34.4 Å². The first-order valence-electron chi connectivity index (χ1n) is 12.8. The van der Waals surface area contributed by atoms with Crippen molar-refractivity contribution in [3.8, 4) is 23.1 Å². The van der Waals surface area contributed by atoms with Crippen LogP contribution in [0.15, 0.2) is 73.2 Å². The maximum absolute atomic E-state index is 11.2. The standard InChI is InChI=1S/C28H26N10O2/c29-17-24-31-14-9-23(36-24)34-19-10-15-37(16-11-19)28(39,40)18-5-7-20(8-6-18)38-26(21-3-1-12-32-25(21)30)35-22-4-2-13-33-27(22)38/h1-9,12-14,19,39-40H,10-11,15-16H2,(H2,30,32)(H,31,34,36). The lowest BCUT2D eigenvalue weighted by atomic mass is 10.0. The number of imidazole rings is 1. The monoisotopic (exact) mass is 534 g/mol. The van der Waals surface area contributed by atoms with Crippen LogP contribution >= 0.6 is 0 Å². The summed E-state index contributed by atoms with van der Waals surface area (Å²) in [5.41, 5.74) is 9.27. The number of hydrogen-bond donors (Lipinski definition) is 4. The maximum Gasteiger partial charge on any atom is 0.253 e. The fraction of sp³-hybridized carbons (Fsp3) is 0.214. The topological polar surface area (TPSA) is 175 Å². The van der Waals surface area contributed by atoms with Gasteiger partial charge < -0.3 is 21.3 Å². The Hall–Kier alpha value is -4.96. The van der Waals surface area contributed by atoms with Crippen LogP contribution in [-0.2, 0) is 5.91 Å². The third-order valence-electron chi connectivity index (χ3n) is 7.05. The van der Waals surface area contributed by atoms with Crippen molar-refractivity contribution in [3.63, 3.8) is 0 Å². The van der Waals surface area contributed by atoms with Gasteiger partial charge in [0.15, 0.2) is 11.5 Å². The fourth-order valence-corrected chi connectivity index (χ4v) is 5.00. The molecule has 0 aliphatic carbocycles. The molecule has 0 spiro atoms. The number of rotatable bonds is 6. The van der Waals surface area contributed by atoms with E-state index in [0.717, 1.165) is 5.69 Å². The van der Waals surface area contributed by atoms with Gasteiger partial charge in [0.1, 0.15) is 23.2 Å². The zero-order valence-electron chi connectivity index (χ0n) is 21.4. The number of pyridine rings is 2. The number of nitrogen functional groups attached to an aromatic ring is 1. The zero-order valence-corrected chi connectivity index (χ0v) is 21.4. The SMILES string of the molecule is N#Cc1nccc(NC2CCN(C(O)(O)c3ccc(-n4c(-c5cccnc5N)nc5cccnc54)cc3)CC2)n1. The molecule has 12 heteroatoms. The van der Waals surface area contributed by atoms with Crippen LogP contribution in [0.2, 0.25) is 0 Å². The van der Waals surface area contributed by atoms with Crippen LogP contribution in [0.4, 0.5) is 11.6 Å². The van der Waals surface area contributed by atoms with Crippen molar-refractivity contribution in [2.45, 2.75) is 24.8 Å². The van der Waals surface area contributed by atoms with Gasteiger partial charge >= 0.3 is 0 Å². The Bertz CT molecular complexity index is 1700. The molecule has 12 nitrogen and oxygen atoms in total. The lowest BCUT2D eigenvalue weighted by Crippen LogP contribution is -2.51. The number of nitrogens with one attached hydrogen (secondary N) is 1. The zero-order chi connectivity index (χ0) is 27.7. The second kappa shape index (κ2) is 10.3. The average Bonchev–Trinajstić information content (AvgIpc) is 3.37. The number of nitrogens with zero attached hydrogens (tertiary/aromatic N) is 8. The summed E-state index contributed by atoms with van der Waals surface area (Å²) in [6, 6.07) is 18.1. The molecule has 5 aromatic rings. The smallest absolute Gasteiger partial charge is 0.253 e. The van der Waals surface area contributed by atoms with Gasteiger partial charge in [-0.15, -0.1) is 0 Å². The second-order valence-corrected chi connectivity index (χ2v) is 9.52. The summed E-state index contributed by atoms with van der Waals surface area (Å²) >= 11 is 0. The molecule has 1 aromatic carbocycles. The number of aromatic nitrogens is 6. The quantitative estimate of drug-likeness (QED) is 0.235. The summed E-state index contributed by atoms with van der Waals surface area (Å²) in [5.74, 6) is -0.534. The van der Waals surface area contributed by atoms with E-state index in [4.69, 9.17) is 16.0 Å². The number of nitriles is 1. The van der Waals surface area contributed by atoms with Gasteiger partial charge in [-0.25, -0.2) is 29.8 Å². The fourth-order valence-electron chi connectivity index (χ4n) is 5.00. The van der Waals surface area contributed by atoms with Crippen LogP contribution in [0.3, 0.4) is 0 Å². The van der Waals surface area contributed by atoms with Gasteiger partial charge in [-0.1, -0.05) is 12.1 Å². The Labute approximate surface area is 229 Å². The maximum atomic E-state index is 11.2. The van der Waals surface area contributed by atoms with Gasteiger partial charge in [0.25, 0.3) is 5.91 Å². The Balaban J connectivity index is 1.22. The predicted molar refractivity (Wildman–Crippen MR) is 148 cm³/mol. The summed E-state index contributed by atoms with van der Waals surface area (Å²) in [6.07, 6.45) is 6.19. The van der Waals surface area contributed by atoms with Gasteiger partial charge in [-0.3, -0.25) is 4.57 Å². The third-order valence-corrected chi connectivity index (χ3v) is 7.05. The molecule has 0 unspecified atom stereocenters. The van der Waals surface area contributed by atoms with E-state index in [1.165, 1.54) is 6.20 Å². The highest BCUT2D eigenvalue weighted by Gasteiger charge is 2.36. The number of piperidine rings is 1. The molecule has 0 bridgehead atoms. The van der Waals surface area contributed by atoms with Crippen LogP contribution in [0.5, 0.6) is 0 Å². The van der Waals surface area contributed by atoms with Crippen LogP contribution in [0, 0.1) is 11.3 Å². The highest BCUT2D eigenvalue weighted by atomic mass is 16.5. The first-order valence-corrected chi connectivity index (χ1v) is 12.8. The van der Waals surface area contributed by atoms with E-state index in [2.05, 4.69) is 25.3 Å². The highest BCUT2D eigenvalue weighted by Crippen LogP contribution is 2.32. The molecule has 0 amide bonds. The lowest BCUT2D eigenvalue weighted by Gasteiger charge is -2.40. The average molecular weight is 535 g/mol. The number of aliphatic hydroxyl groups is 2. The number of fused-ring (bicyclic) bond motifs is 1. The molecule has 0 saturated carbocycles. The van der Waals surface area contributed by atoms with Gasteiger partial charge in [0, 0.05) is 49.0 Å². The minimum absolute atomic E-state index is 0.0798. The van der Waals surface area contributed by atoms with Crippen LogP contribution in [-0.4, -0.2) is 63.7 Å². The molecular formula is C28H26N10O2. The first-order chi connectivity index (χ1) is 19.4. The Morgan fingerprint density at radius 2 is 1.68 bits per heavy atom. The molecule has 4 aromatic heterocycles. The second-order valence-electron chi connectivity index (χ2n) is 9.52. The molecule has 0 atom stereocenters. The number of likely N-dealkylation sites (tertiary alicyclic amines) is 1. The van der Waals surface area contributed by atoms with Crippen molar-refractivity contribution in [2.75, 3.05) is 24.1 Å².